The van der Waals surface area contributed by atoms with Crippen molar-refractivity contribution in [2.24, 2.45) is 0 Å². The molecule has 140 valence electrons. The van der Waals surface area contributed by atoms with Gasteiger partial charge in [-0.2, -0.15) is 0 Å². The van der Waals surface area contributed by atoms with Crippen molar-refractivity contribution in [2.75, 3.05) is 11.4 Å². The molecular formula is C20H31NO4. The predicted octanol–water partition coefficient (Wildman–Crippen LogP) is 5.24. The van der Waals surface area contributed by atoms with E-state index in [1.165, 1.54) is 0 Å². The highest BCUT2D eigenvalue weighted by atomic mass is 16.6. The molecule has 0 fully saturated rings. The van der Waals surface area contributed by atoms with Crippen LogP contribution in [0.2, 0.25) is 0 Å². The first kappa shape index (κ1) is 21.0. The molecule has 0 aromatic heterocycles. The van der Waals surface area contributed by atoms with Crippen LogP contribution in [0.5, 0.6) is 0 Å². The van der Waals surface area contributed by atoms with Crippen LogP contribution in [0, 0.1) is 0 Å². The number of hydrogen-bond donors (Lipinski definition) is 1. The molecule has 1 N–H and O–H groups in total. The van der Waals surface area contributed by atoms with Gasteiger partial charge in [0.25, 0.3) is 0 Å². The van der Waals surface area contributed by atoms with Crippen molar-refractivity contribution in [1.29, 1.82) is 0 Å². The summed E-state index contributed by atoms with van der Waals surface area (Å²) in [5.41, 5.74) is 0.326. The number of unbranched alkanes of at least 4 members (excludes halogenated alkanes) is 5. The van der Waals surface area contributed by atoms with Gasteiger partial charge in [-0.25, -0.2) is 4.79 Å². The van der Waals surface area contributed by atoms with E-state index in [0.717, 1.165) is 44.2 Å². The van der Waals surface area contributed by atoms with Crippen LogP contribution in [0.1, 0.15) is 65.7 Å². The number of anilines is 1. The van der Waals surface area contributed by atoms with Gasteiger partial charge in [0.1, 0.15) is 5.60 Å². The summed E-state index contributed by atoms with van der Waals surface area (Å²) in [6, 6.07) is 9.57. The van der Waals surface area contributed by atoms with E-state index in [-0.39, 0.29) is 12.5 Å². The van der Waals surface area contributed by atoms with E-state index in [1.54, 1.807) is 4.90 Å². The van der Waals surface area contributed by atoms with Gasteiger partial charge in [-0.15, -0.1) is 0 Å². The molecule has 0 spiro atoms. The number of carbonyl (C=O) groups is 2. The average Bonchev–Trinajstić information content (AvgIpc) is 2.52. The molecule has 0 aliphatic heterocycles. The first-order valence-electron chi connectivity index (χ1n) is 9.07. The number of amides is 1. The summed E-state index contributed by atoms with van der Waals surface area (Å²) < 4.78 is 5.52. The highest BCUT2D eigenvalue weighted by molar-refractivity contribution is 5.87. The molecule has 0 bridgehead atoms. The van der Waals surface area contributed by atoms with E-state index in [2.05, 4.69) is 0 Å². The lowest BCUT2D eigenvalue weighted by Crippen LogP contribution is -2.37. The number of rotatable bonds is 10. The lowest BCUT2D eigenvalue weighted by molar-refractivity contribution is -0.137. The molecule has 0 unspecified atom stereocenters. The molecule has 1 aromatic rings. The minimum Gasteiger partial charge on any atom is -0.481 e. The van der Waals surface area contributed by atoms with E-state index >= 15 is 0 Å². The monoisotopic (exact) mass is 349 g/mol. The fourth-order valence-corrected chi connectivity index (χ4v) is 2.50. The van der Waals surface area contributed by atoms with Crippen LogP contribution in [0.4, 0.5) is 10.5 Å². The Morgan fingerprint density at radius 3 is 2.08 bits per heavy atom. The smallest absolute Gasteiger partial charge is 0.414 e. The van der Waals surface area contributed by atoms with E-state index in [1.807, 2.05) is 51.1 Å². The van der Waals surface area contributed by atoms with Crippen molar-refractivity contribution in [2.45, 2.75) is 71.3 Å². The summed E-state index contributed by atoms with van der Waals surface area (Å²) in [5, 5.41) is 8.61. The lowest BCUT2D eigenvalue weighted by Gasteiger charge is -2.27. The Hall–Kier alpha value is -2.04. The van der Waals surface area contributed by atoms with Crippen molar-refractivity contribution in [3.8, 4) is 0 Å². The molecule has 0 atom stereocenters. The first-order valence-corrected chi connectivity index (χ1v) is 9.07. The summed E-state index contributed by atoms with van der Waals surface area (Å²) in [7, 11) is 0. The normalized spacial score (nSPS) is 11.2. The predicted molar refractivity (Wildman–Crippen MR) is 100.0 cm³/mol. The minimum atomic E-state index is -0.726. The highest BCUT2D eigenvalue weighted by Gasteiger charge is 2.22. The van der Waals surface area contributed by atoms with Gasteiger partial charge in [0.2, 0.25) is 0 Å². The Labute approximate surface area is 151 Å². The molecule has 0 heterocycles. The molecule has 1 rings (SSSR count). The van der Waals surface area contributed by atoms with Crippen molar-refractivity contribution >= 4 is 17.7 Å². The lowest BCUT2D eigenvalue weighted by atomic mass is 10.1. The maximum atomic E-state index is 12.5. The number of ether oxygens (including phenoxy) is 1. The Kier molecular flexibility index (Phi) is 9.03. The number of carbonyl (C=O) groups excluding carboxylic acids is 1. The van der Waals surface area contributed by atoms with E-state index < -0.39 is 11.6 Å². The molecule has 5 heteroatoms. The van der Waals surface area contributed by atoms with Gasteiger partial charge in [0.05, 0.1) is 0 Å². The van der Waals surface area contributed by atoms with Crippen LogP contribution in [0.25, 0.3) is 0 Å². The maximum Gasteiger partial charge on any atom is 0.414 e. The summed E-state index contributed by atoms with van der Waals surface area (Å²) in [6.45, 7) is 6.22. The van der Waals surface area contributed by atoms with Gasteiger partial charge in [-0.1, -0.05) is 43.9 Å². The standard InChI is InChI=1S/C20H31NO4/c1-20(2,3)25-19(24)21(17-13-9-8-10-14-17)16-12-7-5-4-6-11-15-18(22)23/h8-10,13-14H,4-7,11-12,15-16H2,1-3H3,(H,22,23). The Morgan fingerprint density at radius 1 is 0.960 bits per heavy atom. The average molecular weight is 349 g/mol. The third-order valence-corrected chi connectivity index (χ3v) is 3.70. The quantitative estimate of drug-likeness (QED) is 0.586. The van der Waals surface area contributed by atoms with Crippen LogP contribution in [0.15, 0.2) is 30.3 Å². The first-order chi connectivity index (χ1) is 11.8. The second-order valence-electron chi connectivity index (χ2n) is 7.23. The Morgan fingerprint density at radius 2 is 1.52 bits per heavy atom. The number of nitrogens with zero attached hydrogens (tertiary/aromatic N) is 1. The zero-order chi connectivity index (χ0) is 18.7. The molecule has 0 aliphatic rings. The van der Waals surface area contributed by atoms with Gasteiger partial charge in [0, 0.05) is 18.7 Å². The summed E-state index contributed by atoms with van der Waals surface area (Å²) >= 11 is 0. The van der Waals surface area contributed by atoms with Gasteiger partial charge in [0.15, 0.2) is 0 Å². The second kappa shape index (κ2) is 10.7. The molecule has 0 saturated carbocycles. The number of carboxylic acids is 1. The van der Waals surface area contributed by atoms with Gasteiger partial charge in [-0.05, 0) is 45.7 Å². The van der Waals surface area contributed by atoms with Gasteiger partial charge in [-0.3, -0.25) is 9.69 Å². The number of hydrogen-bond acceptors (Lipinski definition) is 3. The van der Waals surface area contributed by atoms with Gasteiger partial charge >= 0.3 is 12.1 Å². The molecule has 0 saturated heterocycles. The van der Waals surface area contributed by atoms with Crippen LogP contribution in [0.3, 0.4) is 0 Å². The third kappa shape index (κ3) is 9.75. The number of aliphatic carboxylic acids is 1. The van der Waals surface area contributed by atoms with Gasteiger partial charge < -0.3 is 9.84 Å². The molecule has 25 heavy (non-hydrogen) atoms. The number of benzene rings is 1. The number of para-hydroxylation sites is 1. The van der Waals surface area contributed by atoms with E-state index in [9.17, 15) is 9.59 Å². The Bertz CT molecular complexity index is 522. The largest absolute Gasteiger partial charge is 0.481 e. The Balaban J connectivity index is 2.42. The zero-order valence-corrected chi connectivity index (χ0v) is 15.7. The van der Waals surface area contributed by atoms with Crippen LogP contribution in [-0.2, 0) is 9.53 Å². The number of carboxylic acid groups (broad SMARTS) is 1. The molecule has 1 amide bonds. The fourth-order valence-electron chi connectivity index (χ4n) is 2.50. The van der Waals surface area contributed by atoms with Crippen LogP contribution < -0.4 is 4.90 Å². The zero-order valence-electron chi connectivity index (χ0n) is 15.7. The third-order valence-electron chi connectivity index (χ3n) is 3.70. The topological polar surface area (TPSA) is 66.8 Å². The van der Waals surface area contributed by atoms with E-state index in [0.29, 0.717) is 6.54 Å². The van der Waals surface area contributed by atoms with Crippen LogP contribution in [-0.4, -0.2) is 29.3 Å². The summed E-state index contributed by atoms with van der Waals surface area (Å²) in [4.78, 5) is 24.6. The minimum absolute atomic E-state index is 0.250. The van der Waals surface area contributed by atoms with Crippen molar-refractivity contribution in [1.82, 2.24) is 0 Å². The molecular weight excluding hydrogens is 318 g/mol. The molecule has 1 aromatic carbocycles. The van der Waals surface area contributed by atoms with E-state index in [4.69, 9.17) is 9.84 Å². The van der Waals surface area contributed by atoms with Crippen molar-refractivity contribution in [3.63, 3.8) is 0 Å². The van der Waals surface area contributed by atoms with Crippen LogP contribution >= 0.6 is 0 Å². The SMILES string of the molecule is CC(C)(C)OC(=O)N(CCCCCCCCC(=O)O)c1ccccc1. The highest BCUT2D eigenvalue weighted by Crippen LogP contribution is 2.19. The molecule has 0 radical (unpaired) electrons. The second-order valence-corrected chi connectivity index (χ2v) is 7.23. The summed E-state index contributed by atoms with van der Waals surface area (Å²) in [5.74, 6) is -0.726. The van der Waals surface area contributed by atoms with Crippen molar-refractivity contribution < 1.29 is 19.4 Å². The fraction of sp³-hybridized carbons (Fsp3) is 0.600. The molecule has 0 aliphatic carbocycles. The maximum absolute atomic E-state index is 12.5. The molecule has 5 nitrogen and oxygen atoms in total. The van der Waals surface area contributed by atoms with Crippen molar-refractivity contribution in [3.05, 3.63) is 30.3 Å². The summed E-state index contributed by atoms with van der Waals surface area (Å²) in [6.07, 6.45) is 5.61.